The van der Waals surface area contributed by atoms with Crippen molar-refractivity contribution in [3.8, 4) is 0 Å². The van der Waals surface area contributed by atoms with Crippen LogP contribution in [0.1, 0.15) is 0 Å². The first-order valence-electron chi connectivity index (χ1n) is 5.07. The fourth-order valence-corrected chi connectivity index (χ4v) is 1.42. The summed E-state index contributed by atoms with van der Waals surface area (Å²) >= 11 is 0. The summed E-state index contributed by atoms with van der Waals surface area (Å²) in [5.74, 6) is -6.46. The lowest BCUT2D eigenvalue weighted by molar-refractivity contribution is -0.895. The molecule has 1 atom stereocenters. The number of hydrogen-bond donors (Lipinski definition) is 1. The Morgan fingerprint density at radius 2 is 1.60 bits per heavy atom. The number of likely N-dealkylation sites (N-methyl/N-ethyl adjacent to an activating group) is 1. The summed E-state index contributed by atoms with van der Waals surface area (Å²) in [6, 6.07) is 0. The van der Waals surface area contributed by atoms with Gasteiger partial charge in [0, 0.05) is 0 Å². The summed E-state index contributed by atoms with van der Waals surface area (Å²) < 4.78 is 90.0. The van der Waals surface area contributed by atoms with Gasteiger partial charge >= 0.3 is 24.1 Å². The van der Waals surface area contributed by atoms with Crippen molar-refractivity contribution < 1.29 is 49.9 Å². The highest BCUT2D eigenvalue weighted by atomic mass is 19.4. The first-order valence-corrected chi connectivity index (χ1v) is 5.07. The second kappa shape index (κ2) is 5.72. The number of carboxylic acid groups (broad SMARTS) is 1. The summed E-state index contributed by atoms with van der Waals surface area (Å²) in [7, 11) is 1.73. The molecule has 0 aliphatic heterocycles. The lowest BCUT2D eigenvalue weighted by Gasteiger charge is -2.37. The van der Waals surface area contributed by atoms with E-state index in [1.807, 2.05) is 0 Å². The fourth-order valence-electron chi connectivity index (χ4n) is 1.42. The van der Waals surface area contributed by atoms with E-state index in [1.54, 1.807) is 0 Å². The van der Waals surface area contributed by atoms with Crippen LogP contribution in [0, 0.1) is 0 Å². The molecule has 120 valence electrons. The molecule has 0 aliphatic carbocycles. The van der Waals surface area contributed by atoms with E-state index < -0.39 is 48.4 Å². The van der Waals surface area contributed by atoms with Crippen LogP contribution in [-0.4, -0.2) is 67.6 Å². The average molecular weight is 316 g/mol. The number of nitrogens with zero attached hydrogens (tertiary/aromatic N) is 1. The average Bonchev–Trinajstić information content (AvgIpc) is 2.11. The van der Waals surface area contributed by atoms with Gasteiger partial charge in [-0.15, -0.1) is 0 Å². The molecule has 11 heteroatoms. The van der Waals surface area contributed by atoms with Gasteiger partial charge in [0.05, 0.1) is 14.1 Å². The summed E-state index contributed by atoms with van der Waals surface area (Å²) in [6.07, 6.45) is -10.9. The zero-order valence-electron chi connectivity index (χ0n) is 10.5. The molecule has 0 aliphatic rings. The van der Waals surface area contributed by atoms with Crippen molar-refractivity contribution in [3.05, 3.63) is 0 Å². The van der Waals surface area contributed by atoms with Crippen LogP contribution in [-0.2, 0) is 9.53 Å². The molecule has 0 fully saturated rings. The minimum Gasteiger partial charge on any atom is -0.477 e. The Hall–Kier alpha value is -1.10. The molecule has 20 heavy (non-hydrogen) atoms. The molecule has 0 aromatic heterocycles. The van der Waals surface area contributed by atoms with Crippen molar-refractivity contribution in [3.63, 3.8) is 0 Å². The molecule has 1 N–H and O–H groups in total. The maximum atomic E-state index is 13.7. The van der Waals surface area contributed by atoms with Crippen molar-refractivity contribution in [1.82, 2.24) is 0 Å². The first-order chi connectivity index (χ1) is 8.64. The molecule has 0 aromatic carbocycles. The Kier molecular flexibility index (Phi) is 5.40. The normalized spacial score (nSPS) is 16.9. The van der Waals surface area contributed by atoms with E-state index in [0.29, 0.717) is 0 Å². The number of rotatable bonds is 7. The van der Waals surface area contributed by atoms with E-state index >= 15 is 0 Å². The Morgan fingerprint density at radius 3 is 1.90 bits per heavy atom. The smallest absolute Gasteiger partial charge is 0.454 e. The zero-order valence-corrected chi connectivity index (χ0v) is 10.5. The summed E-state index contributed by atoms with van der Waals surface area (Å²) in [6.45, 7) is -5.41. The van der Waals surface area contributed by atoms with Crippen molar-refractivity contribution in [2.24, 2.45) is 0 Å². The number of alkyl halides is 7. The lowest BCUT2D eigenvalue weighted by atomic mass is 10.2. The molecule has 0 amide bonds. The van der Waals surface area contributed by atoms with Crippen LogP contribution < -0.4 is 0 Å². The van der Waals surface area contributed by atoms with Crippen LogP contribution in [0.2, 0.25) is 0 Å². The lowest BCUT2D eigenvalue weighted by Crippen LogP contribution is -2.60. The SMILES string of the molecule is C[N+](C)(CC(=O)O)CC(F)(OC(F)(F)CF)C(F)(F)F. The van der Waals surface area contributed by atoms with Crippen LogP contribution in [0.4, 0.5) is 30.7 Å². The van der Waals surface area contributed by atoms with Crippen LogP contribution in [0.3, 0.4) is 0 Å². The van der Waals surface area contributed by atoms with E-state index in [4.69, 9.17) is 5.11 Å². The summed E-state index contributed by atoms with van der Waals surface area (Å²) in [4.78, 5) is 10.4. The van der Waals surface area contributed by atoms with Crippen LogP contribution in [0.15, 0.2) is 0 Å². The molecule has 0 saturated heterocycles. The van der Waals surface area contributed by atoms with Gasteiger partial charge < -0.3 is 9.59 Å². The fraction of sp³-hybridized carbons (Fsp3) is 0.889. The number of carbonyl (C=O) groups is 1. The van der Waals surface area contributed by atoms with Gasteiger partial charge in [0.25, 0.3) is 0 Å². The minimum absolute atomic E-state index is 0.866. The molecule has 0 rings (SSSR count). The highest BCUT2D eigenvalue weighted by Crippen LogP contribution is 2.40. The Morgan fingerprint density at radius 1 is 1.15 bits per heavy atom. The van der Waals surface area contributed by atoms with E-state index in [9.17, 15) is 35.5 Å². The molecule has 0 bridgehead atoms. The van der Waals surface area contributed by atoms with Gasteiger partial charge in [0.1, 0.15) is 6.54 Å². The third-order valence-electron chi connectivity index (χ3n) is 2.08. The number of quaternary nitrogens is 1. The predicted octanol–water partition coefficient (Wildman–Crippen LogP) is 1.95. The standard InChI is InChI=1S/C9H12F7NO3/c1-17(2,3-6(18)19)5-7(11,9(14,15)16)20-8(12,13)4-10/h3-5H2,1-2H3/p+1. The topological polar surface area (TPSA) is 46.5 Å². The second-order valence-corrected chi connectivity index (χ2v) is 4.74. The minimum atomic E-state index is -5.89. The molecule has 0 radical (unpaired) electrons. The summed E-state index contributed by atoms with van der Waals surface area (Å²) in [5.41, 5.74) is 0. The third kappa shape index (κ3) is 5.49. The van der Waals surface area contributed by atoms with Crippen molar-refractivity contribution in [1.29, 1.82) is 0 Å². The van der Waals surface area contributed by atoms with E-state index in [0.717, 1.165) is 14.1 Å². The van der Waals surface area contributed by atoms with Gasteiger partial charge in [0.2, 0.25) is 0 Å². The molecular weight excluding hydrogens is 303 g/mol. The highest BCUT2D eigenvalue weighted by Gasteiger charge is 2.65. The zero-order chi connectivity index (χ0) is 16.4. The second-order valence-electron chi connectivity index (χ2n) is 4.74. The molecule has 1 unspecified atom stereocenters. The van der Waals surface area contributed by atoms with Gasteiger partial charge in [-0.3, -0.25) is 4.74 Å². The molecular formula is C9H13F7NO3+. The van der Waals surface area contributed by atoms with E-state index in [1.165, 1.54) is 0 Å². The number of carboxylic acids is 1. The highest BCUT2D eigenvalue weighted by molar-refractivity contribution is 5.67. The van der Waals surface area contributed by atoms with Crippen molar-refractivity contribution >= 4 is 5.97 Å². The molecule has 0 spiro atoms. The number of hydrogen-bond acceptors (Lipinski definition) is 2. The Balaban J connectivity index is 5.32. The van der Waals surface area contributed by atoms with E-state index in [2.05, 4.69) is 4.74 Å². The molecule has 4 nitrogen and oxygen atoms in total. The van der Waals surface area contributed by atoms with Crippen molar-refractivity contribution in [2.45, 2.75) is 18.1 Å². The number of aliphatic carboxylic acids is 1. The Labute approximate surface area is 109 Å². The Bertz CT molecular complexity index is 358. The van der Waals surface area contributed by atoms with Gasteiger partial charge in [-0.2, -0.15) is 26.3 Å². The molecule has 0 heterocycles. The summed E-state index contributed by atoms with van der Waals surface area (Å²) in [5, 5.41) is 8.46. The first kappa shape index (κ1) is 18.9. The van der Waals surface area contributed by atoms with Gasteiger partial charge in [-0.05, 0) is 0 Å². The van der Waals surface area contributed by atoms with Crippen LogP contribution in [0.25, 0.3) is 0 Å². The van der Waals surface area contributed by atoms with Crippen LogP contribution >= 0.6 is 0 Å². The molecule has 0 saturated carbocycles. The van der Waals surface area contributed by atoms with Gasteiger partial charge in [-0.25, -0.2) is 9.18 Å². The number of halogens is 7. The van der Waals surface area contributed by atoms with Gasteiger partial charge in [0.15, 0.2) is 13.2 Å². The largest absolute Gasteiger partial charge is 0.477 e. The predicted molar refractivity (Wildman–Crippen MR) is 51.4 cm³/mol. The van der Waals surface area contributed by atoms with Gasteiger partial charge in [-0.1, -0.05) is 0 Å². The van der Waals surface area contributed by atoms with Crippen LogP contribution in [0.5, 0.6) is 0 Å². The quantitative estimate of drug-likeness (QED) is 0.577. The molecule has 0 aromatic rings. The maximum Gasteiger partial charge on any atom is 0.454 e. The van der Waals surface area contributed by atoms with E-state index in [-0.39, 0.29) is 0 Å². The number of ether oxygens (including phenoxy) is 1. The monoisotopic (exact) mass is 316 g/mol. The maximum absolute atomic E-state index is 13.7. The van der Waals surface area contributed by atoms with Crippen molar-refractivity contribution in [2.75, 3.05) is 33.9 Å². The third-order valence-corrected chi connectivity index (χ3v) is 2.08.